The Morgan fingerprint density at radius 3 is 3.21 bits per heavy atom. The van der Waals surface area contributed by atoms with Gasteiger partial charge in [0.15, 0.2) is 0 Å². The third-order valence-electron chi connectivity index (χ3n) is 2.50. The zero-order chi connectivity index (χ0) is 9.97. The Morgan fingerprint density at radius 1 is 1.71 bits per heavy atom. The highest BCUT2D eigenvalue weighted by molar-refractivity contribution is 5.81. The summed E-state index contributed by atoms with van der Waals surface area (Å²) in [5, 5.41) is 3.96. The number of carbonyl (C=O) groups excluding carboxylic acids is 1. The van der Waals surface area contributed by atoms with Gasteiger partial charge in [0.05, 0.1) is 13.2 Å². The van der Waals surface area contributed by atoms with Gasteiger partial charge in [-0.25, -0.2) is 4.98 Å². The lowest BCUT2D eigenvalue weighted by atomic mass is 9.97. The molecule has 5 heteroatoms. The Bertz CT molecular complexity index is 335. The van der Waals surface area contributed by atoms with Crippen LogP contribution in [0.15, 0.2) is 6.33 Å². The summed E-state index contributed by atoms with van der Waals surface area (Å²) in [4.78, 5) is 15.6. The topological polar surface area (TPSA) is 57.0 Å². The van der Waals surface area contributed by atoms with Crippen LogP contribution in [0.5, 0.6) is 0 Å². The second-order valence-corrected chi connectivity index (χ2v) is 3.49. The van der Waals surface area contributed by atoms with Crippen LogP contribution in [0, 0.1) is 5.92 Å². The number of Topliss-reactive ketones (excluding diaryl/α,β-unsaturated/α-hetero) is 1. The Balaban J connectivity index is 2.03. The zero-order valence-electron chi connectivity index (χ0n) is 8.14. The molecule has 1 aromatic rings. The lowest BCUT2D eigenvalue weighted by molar-refractivity contribution is -0.130. The van der Waals surface area contributed by atoms with E-state index in [1.54, 1.807) is 4.68 Å². The molecule has 1 saturated heterocycles. The summed E-state index contributed by atoms with van der Waals surface area (Å²) in [5.41, 5.74) is 0. The quantitative estimate of drug-likeness (QED) is 0.664. The minimum Gasteiger partial charge on any atom is -0.380 e. The summed E-state index contributed by atoms with van der Waals surface area (Å²) in [6, 6.07) is 0. The van der Waals surface area contributed by atoms with Crippen molar-refractivity contribution in [1.82, 2.24) is 14.8 Å². The minimum atomic E-state index is -0.0355. The first-order valence-electron chi connectivity index (χ1n) is 4.70. The van der Waals surface area contributed by atoms with Crippen molar-refractivity contribution in [3.63, 3.8) is 0 Å². The van der Waals surface area contributed by atoms with Crippen LogP contribution in [0.4, 0.5) is 0 Å². The van der Waals surface area contributed by atoms with Gasteiger partial charge in [0.2, 0.25) is 0 Å². The van der Waals surface area contributed by atoms with Gasteiger partial charge < -0.3 is 4.74 Å². The molecule has 14 heavy (non-hydrogen) atoms. The largest absolute Gasteiger partial charge is 0.380 e. The van der Waals surface area contributed by atoms with E-state index >= 15 is 0 Å². The molecule has 1 aliphatic rings. The first-order chi connectivity index (χ1) is 6.77. The van der Waals surface area contributed by atoms with Gasteiger partial charge in [-0.2, -0.15) is 5.10 Å². The fourth-order valence-electron chi connectivity index (χ4n) is 1.59. The summed E-state index contributed by atoms with van der Waals surface area (Å²) >= 11 is 0. The van der Waals surface area contributed by atoms with Crippen LogP contribution in [0.2, 0.25) is 0 Å². The van der Waals surface area contributed by atoms with Gasteiger partial charge in [0, 0.05) is 25.8 Å². The standard InChI is InChI=1S/C9H13N3O2/c1-12-9(10-6-11-12)4-7-5-14-3-2-8(7)13/h6-7H,2-5H2,1H3. The van der Waals surface area contributed by atoms with E-state index < -0.39 is 0 Å². The number of aryl methyl sites for hydroxylation is 1. The molecular formula is C9H13N3O2. The Labute approximate surface area is 82.1 Å². The number of ether oxygens (including phenoxy) is 1. The number of hydrogen-bond acceptors (Lipinski definition) is 4. The van der Waals surface area contributed by atoms with Crippen molar-refractivity contribution < 1.29 is 9.53 Å². The molecule has 0 amide bonds. The molecule has 0 bridgehead atoms. The SMILES string of the molecule is Cn1ncnc1CC1COCCC1=O. The zero-order valence-corrected chi connectivity index (χ0v) is 8.14. The van der Waals surface area contributed by atoms with Crippen LogP contribution in [0.25, 0.3) is 0 Å². The molecule has 0 aromatic carbocycles. The molecule has 0 radical (unpaired) electrons. The summed E-state index contributed by atoms with van der Waals surface area (Å²) in [6.07, 6.45) is 2.67. The number of nitrogens with zero attached hydrogens (tertiary/aromatic N) is 3. The van der Waals surface area contributed by atoms with Gasteiger partial charge >= 0.3 is 0 Å². The van der Waals surface area contributed by atoms with Gasteiger partial charge in [-0.1, -0.05) is 0 Å². The molecule has 5 nitrogen and oxygen atoms in total. The highest BCUT2D eigenvalue weighted by Crippen LogP contribution is 2.14. The van der Waals surface area contributed by atoms with Crippen molar-refractivity contribution >= 4 is 5.78 Å². The fourth-order valence-corrected chi connectivity index (χ4v) is 1.59. The first-order valence-corrected chi connectivity index (χ1v) is 4.70. The Kier molecular flexibility index (Phi) is 2.58. The maximum Gasteiger partial charge on any atom is 0.141 e. The van der Waals surface area contributed by atoms with Crippen LogP contribution < -0.4 is 0 Å². The third kappa shape index (κ3) is 1.82. The highest BCUT2D eigenvalue weighted by atomic mass is 16.5. The maximum absolute atomic E-state index is 11.5. The Morgan fingerprint density at radius 2 is 2.57 bits per heavy atom. The molecule has 1 aromatic heterocycles. The van der Waals surface area contributed by atoms with Gasteiger partial charge in [-0.15, -0.1) is 0 Å². The van der Waals surface area contributed by atoms with E-state index in [9.17, 15) is 4.79 Å². The van der Waals surface area contributed by atoms with Crippen LogP contribution >= 0.6 is 0 Å². The van der Waals surface area contributed by atoms with Crippen molar-refractivity contribution in [3.05, 3.63) is 12.2 Å². The summed E-state index contributed by atoms with van der Waals surface area (Å²) < 4.78 is 6.96. The molecule has 1 aliphatic heterocycles. The molecule has 0 spiro atoms. The predicted octanol–water partition coefficient (Wildman–Crippen LogP) is -0.0368. The molecule has 0 saturated carbocycles. The van der Waals surface area contributed by atoms with Crippen molar-refractivity contribution in [2.24, 2.45) is 13.0 Å². The molecule has 1 unspecified atom stereocenters. The smallest absolute Gasteiger partial charge is 0.141 e. The van der Waals surface area contributed by atoms with Gasteiger partial charge in [-0.3, -0.25) is 9.48 Å². The van der Waals surface area contributed by atoms with Crippen LogP contribution in [-0.4, -0.2) is 33.8 Å². The first kappa shape index (κ1) is 9.33. The molecule has 1 fully saturated rings. The number of rotatable bonds is 2. The number of ketones is 1. The van der Waals surface area contributed by atoms with Crippen LogP contribution in [0.3, 0.4) is 0 Å². The van der Waals surface area contributed by atoms with E-state index in [0.29, 0.717) is 26.1 Å². The Hall–Kier alpha value is -1.23. The molecule has 0 N–H and O–H groups in total. The summed E-state index contributed by atoms with van der Waals surface area (Å²) in [5.74, 6) is 1.08. The average molecular weight is 195 g/mol. The van der Waals surface area contributed by atoms with Crippen molar-refractivity contribution in [2.45, 2.75) is 12.8 Å². The van der Waals surface area contributed by atoms with Crippen LogP contribution in [0.1, 0.15) is 12.2 Å². The normalized spacial score (nSPS) is 22.6. The molecular weight excluding hydrogens is 182 g/mol. The van der Waals surface area contributed by atoms with E-state index in [2.05, 4.69) is 10.1 Å². The van der Waals surface area contributed by atoms with E-state index in [1.807, 2.05) is 7.05 Å². The predicted molar refractivity (Wildman–Crippen MR) is 48.6 cm³/mol. The number of hydrogen-bond donors (Lipinski definition) is 0. The molecule has 0 aliphatic carbocycles. The van der Waals surface area contributed by atoms with E-state index in [4.69, 9.17) is 4.74 Å². The van der Waals surface area contributed by atoms with Gasteiger partial charge in [-0.05, 0) is 0 Å². The molecule has 76 valence electrons. The highest BCUT2D eigenvalue weighted by Gasteiger charge is 2.24. The van der Waals surface area contributed by atoms with E-state index in [0.717, 1.165) is 5.82 Å². The number of carbonyl (C=O) groups is 1. The van der Waals surface area contributed by atoms with E-state index in [-0.39, 0.29) is 11.7 Å². The number of aromatic nitrogens is 3. The van der Waals surface area contributed by atoms with Gasteiger partial charge in [0.25, 0.3) is 0 Å². The minimum absolute atomic E-state index is 0.0355. The van der Waals surface area contributed by atoms with Crippen molar-refractivity contribution in [1.29, 1.82) is 0 Å². The van der Waals surface area contributed by atoms with Crippen molar-refractivity contribution in [2.75, 3.05) is 13.2 Å². The molecule has 2 rings (SSSR count). The second-order valence-electron chi connectivity index (χ2n) is 3.49. The van der Waals surface area contributed by atoms with E-state index in [1.165, 1.54) is 6.33 Å². The van der Waals surface area contributed by atoms with Crippen LogP contribution in [-0.2, 0) is 23.0 Å². The summed E-state index contributed by atoms with van der Waals surface area (Å²) in [6.45, 7) is 1.08. The van der Waals surface area contributed by atoms with Crippen molar-refractivity contribution in [3.8, 4) is 0 Å². The lowest BCUT2D eigenvalue weighted by Gasteiger charge is -2.20. The third-order valence-corrected chi connectivity index (χ3v) is 2.50. The fraction of sp³-hybridized carbons (Fsp3) is 0.667. The molecule has 1 atom stereocenters. The average Bonchev–Trinajstić information content (AvgIpc) is 2.56. The maximum atomic E-state index is 11.5. The second kappa shape index (κ2) is 3.88. The molecule has 2 heterocycles. The lowest BCUT2D eigenvalue weighted by Crippen LogP contribution is -2.29. The van der Waals surface area contributed by atoms with Gasteiger partial charge in [0.1, 0.15) is 17.9 Å². The monoisotopic (exact) mass is 195 g/mol. The summed E-state index contributed by atoms with van der Waals surface area (Å²) in [7, 11) is 1.83.